The standard InChI is InChI=1S/C22H17FN4O4/c1-12-3-7-15(8-4-12)26-20(29)18(19(28)24-22(26)31)11-17-13(2)25-27(21(17)30)16-9-5-14(23)6-10-16/h3-11,29H,1-2H3,(H,24,28,31)/b17-11-. The molecule has 0 radical (unpaired) electrons. The summed E-state index contributed by atoms with van der Waals surface area (Å²) < 4.78 is 14.1. The predicted octanol–water partition coefficient (Wildman–Crippen LogP) is 2.49. The molecule has 1 aromatic heterocycles. The third-order valence-corrected chi connectivity index (χ3v) is 4.84. The maximum Gasteiger partial charge on any atom is 0.335 e. The number of aryl methyl sites for hydroxylation is 1. The van der Waals surface area contributed by atoms with Crippen molar-refractivity contribution < 1.29 is 14.3 Å². The minimum absolute atomic E-state index is 0.0548. The first-order valence-electron chi connectivity index (χ1n) is 9.29. The topological polar surface area (TPSA) is 108 Å². The van der Waals surface area contributed by atoms with Crippen LogP contribution in [0.3, 0.4) is 0 Å². The van der Waals surface area contributed by atoms with Crippen molar-refractivity contribution in [2.24, 2.45) is 5.10 Å². The van der Waals surface area contributed by atoms with Crippen LogP contribution in [0, 0.1) is 12.7 Å². The zero-order valence-electron chi connectivity index (χ0n) is 16.6. The maximum atomic E-state index is 13.2. The molecule has 9 heteroatoms. The molecule has 0 saturated carbocycles. The number of benzene rings is 2. The van der Waals surface area contributed by atoms with Crippen molar-refractivity contribution in [2.75, 3.05) is 5.01 Å². The molecule has 31 heavy (non-hydrogen) atoms. The lowest BCUT2D eigenvalue weighted by molar-refractivity contribution is -0.114. The molecule has 4 rings (SSSR count). The molecule has 0 bridgehead atoms. The first kappa shape index (κ1) is 20.0. The van der Waals surface area contributed by atoms with Gasteiger partial charge in [0.05, 0.1) is 22.7 Å². The summed E-state index contributed by atoms with van der Waals surface area (Å²) in [5.41, 5.74) is 0.0626. The minimum atomic E-state index is -0.848. The van der Waals surface area contributed by atoms with Crippen LogP contribution in [0.15, 0.2) is 68.8 Å². The Bertz CT molecular complexity index is 1370. The molecule has 3 aromatic rings. The number of hydrogen-bond donors (Lipinski definition) is 2. The summed E-state index contributed by atoms with van der Waals surface area (Å²) in [4.78, 5) is 39.8. The molecule has 0 spiro atoms. The lowest BCUT2D eigenvalue weighted by atomic mass is 10.1. The summed E-state index contributed by atoms with van der Waals surface area (Å²) in [5, 5.41) is 15.9. The number of H-pyrrole nitrogens is 1. The van der Waals surface area contributed by atoms with Crippen LogP contribution in [0.2, 0.25) is 0 Å². The molecular formula is C22H17FN4O4. The number of anilines is 1. The second-order valence-electron chi connectivity index (χ2n) is 7.00. The van der Waals surface area contributed by atoms with Gasteiger partial charge in [0, 0.05) is 0 Å². The zero-order chi connectivity index (χ0) is 22.3. The van der Waals surface area contributed by atoms with Crippen LogP contribution in [0.4, 0.5) is 10.1 Å². The molecule has 0 aliphatic carbocycles. The maximum absolute atomic E-state index is 13.2. The van der Waals surface area contributed by atoms with Gasteiger partial charge in [0.1, 0.15) is 11.4 Å². The lowest BCUT2D eigenvalue weighted by Gasteiger charge is -2.12. The quantitative estimate of drug-likeness (QED) is 0.635. The summed E-state index contributed by atoms with van der Waals surface area (Å²) in [6.45, 7) is 3.43. The Morgan fingerprint density at radius 2 is 1.58 bits per heavy atom. The van der Waals surface area contributed by atoms with E-state index < -0.39 is 28.9 Å². The molecule has 1 aliphatic rings. The van der Waals surface area contributed by atoms with Crippen LogP contribution >= 0.6 is 0 Å². The Labute approximate surface area is 175 Å². The first-order chi connectivity index (χ1) is 14.8. The van der Waals surface area contributed by atoms with E-state index in [1.165, 1.54) is 30.3 Å². The first-order valence-corrected chi connectivity index (χ1v) is 9.29. The number of aromatic nitrogens is 2. The number of aromatic hydroxyl groups is 1. The molecular weight excluding hydrogens is 403 g/mol. The number of hydrogen-bond acceptors (Lipinski definition) is 5. The summed E-state index contributed by atoms with van der Waals surface area (Å²) >= 11 is 0. The zero-order valence-corrected chi connectivity index (χ0v) is 16.6. The molecule has 8 nitrogen and oxygen atoms in total. The molecule has 1 aliphatic heterocycles. The van der Waals surface area contributed by atoms with Crippen molar-refractivity contribution in [3.8, 4) is 11.6 Å². The fourth-order valence-electron chi connectivity index (χ4n) is 3.19. The van der Waals surface area contributed by atoms with Gasteiger partial charge in [-0.1, -0.05) is 17.7 Å². The SMILES string of the molecule is CC1=NN(c2ccc(F)cc2)C(=O)/C1=C\c1c(O)n(-c2ccc(C)cc2)c(=O)[nH]c1=O. The van der Waals surface area contributed by atoms with Gasteiger partial charge in [-0.3, -0.25) is 14.6 Å². The number of carbonyl (C=O) groups is 1. The lowest BCUT2D eigenvalue weighted by Crippen LogP contribution is -2.30. The van der Waals surface area contributed by atoms with E-state index in [1.54, 1.807) is 31.2 Å². The molecule has 156 valence electrons. The van der Waals surface area contributed by atoms with E-state index in [4.69, 9.17) is 0 Å². The van der Waals surface area contributed by atoms with Gasteiger partial charge >= 0.3 is 5.69 Å². The van der Waals surface area contributed by atoms with Gasteiger partial charge in [-0.2, -0.15) is 10.1 Å². The monoisotopic (exact) mass is 420 g/mol. The number of amides is 1. The summed E-state index contributed by atoms with van der Waals surface area (Å²) in [7, 11) is 0. The van der Waals surface area contributed by atoms with Crippen LogP contribution in [0.25, 0.3) is 11.8 Å². The van der Waals surface area contributed by atoms with Crippen LogP contribution in [-0.2, 0) is 4.79 Å². The normalized spacial score (nSPS) is 14.9. The minimum Gasteiger partial charge on any atom is -0.494 e. The van der Waals surface area contributed by atoms with Gasteiger partial charge in [0.25, 0.3) is 11.5 Å². The highest BCUT2D eigenvalue weighted by Crippen LogP contribution is 2.26. The van der Waals surface area contributed by atoms with Crippen LogP contribution in [0.1, 0.15) is 18.1 Å². The smallest absolute Gasteiger partial charge is 0.335 e. The molecule has 0 unspecified atom stereocenters. The third kappa shape index (κ3) is 3.57. The highest BCUT2D eigenvalue weighted by atomic mass is 19.1. The summed E-state index contributed by atoms with van der Waals surface area (Å²) in [6.07, 6.45) is 1.18. The molecule has 0 atom stereocenters. The van der Waals surface area contributed by atoms with Crippen LogP contribution < -0.4 is 16.3 Å². The van der Waals surface area contributed by atoms with Gasteiger partial charge in [-0.15, -0.1) is 0 Å². The summed E-state index contributed by atoms with van der Waals surface area (Å²) in [6, 6.07) is 11.9. The molecule has 2 heterocycles. The molecule has 0 fully saturated rings. The second-order valence-corrected chi connectivity index (χ2v) is 7.00. The Kier molecular flexibility index (Phi) is 4.86. The number of aromatic amines is 1. The van der Waals surface area contributed by atoms with Crippen molar-refractivity contribution >= 4 is 23.4 Å². The molecule has 2 N–H and O–H groups in total. The number of carbonyl (C=O) groups excluding carboxylic acids is 1. The van der Waals surface area contributed by atoms with Crippen LogP contribution in [-0.4, -0.2) is 26.3 Å². The van der Waals surface area contributed by atoms with Crippen molar-refractivity contribution in [3.63, 3.8) is 0 Å². The number of hydrazone groups is 1. The number of rotatable bonds is 3. The number of nitrogens with one attached hydrogen (secondary N) is 1. The Balaban J connectivity index is 1.81. The molecule has 0 saturated heterocycles. The van der Waals surface area contributed by atoms with E-state index in [1.807, 2.05) is 6.92 Å². The summed E-state index contributed by atoms with van der Waals surface area (Å²) in [5.74, 6) is -1.62. The van der Waals surface area contributed by atoms with E-state index in [0.29, 0.717) is 17.1 Å². The molecule has 1 amide bonds. The Morgan fingerprint density at radius 3 is 2.23 bits per heavy atom. The van der Waals surface area contributed by atoms with Crippen molar-refractivity contribution in [1.82, 2.24) is 9.55 Å². The van der Waals surface area contributed by atoms with Gasteiger partial charge < -0.3 is 5.11 Å². The average Bonchev–Trinajstić information content (AvgIpc) is 3.01. The molecule has 2 aromatic carbocycles. The van der Waals surface area contributed by atoms with E-state index >= 15 is 0 Å². The second kappa shape index (κ2) is 7.52. The predicted molar refractivity (Wildman–Crippen MR) is 114 cm³/mol. The van der Waals surface area contributed by atoms with Crippen LogP contribution in [0.5, 0.6) is 5.88 Å². The van der Waals surface area contributed by atoms with E-state index in [-0.39, 0.29) is 11.1 Å². The fraction of sp³-hybridized carbons (Fsp3) is 0.0909. The van der Waals surface area contributed by atoms with Crippen molar-refractivity contribution in [1.29, 1.82) is 0 Å². The number of nitrogens with zero attached hydrogens (tertiary/aromatic N) is 3. The van der Waals surface area contributed by atoms with E-state index in [9.17, 15) is 23.9 Å². The van der Waals surface area contributed by atoms with Crippen molar-refractivity contribution in [2.45, 2.75) is 13.8 Å². The Morgan fingerprint density at radius 1 is 0.968 bits per heavy atom. The number of halogens is 1. The van der Waals surface area contributed by atoms with E-state index in [2.05, 4.69) is 10.1 Å². The van der Waals surface area contributed by atoms with Gasteiger partial charge in [0.15, 0.2) is 0 Å². The third-order valence-electron chi connectivity index (χ3n) is 4.84. The fourth-order valence-corrected chi connectivity index (χ4v) is 3.19. The van der Waals surface area contributed by atoms with E-state index in [0.717, 1.165) is 15.1 Å². The largest absolute Gasteiger partial charge is 0.494 e. The Hall–Kier alpha value is -4.27. The van der Waals surface area contributed by atoms with Gasteiger partial charge in [0.2, 0.25) is 5.88 Å². The highest BCUT2D eigenvalue weighted by Gasteiger charge is 2.30. The van der Waals surface area contributed by atoms with Gasteiger partial charge in [-0.05, 0) is 56.3 Å². The average molecular weight is 420 g/mol. The van der Waals surface area contributed by atoms with Gasteiger partial charge in [-0.25, -0.2) is 13.8 Å². The highest BCUT2D eigenvalue weighted by molar-refractivity contribution is 6.32. The van der Waals surface area contributed by atoms with Crippen molar-refractivity contribution in [3.05, 3.63) is 91.9 Å².